The third-order valence-electron chi connectivity index (χ3n) is 4.45. The van der Waals surface area contributed by atoms with Gasteiger partial charge < -0.3 is 19.7 Å². The number of nitrogens with one attached hydrogen (secondary N) is 1. The van der Waals surface area contributed by atoms with Gasteiger partial charge in [-0.25, -0.2) is 0 Å². The van der Waals surface area contributed by atoms with Crippen molar-refractivity contribution in [1.82, 2.24) is 10.2 Å². The molecule has 0 radical (unpaired) electrons. The third kappa shape index (κ3) is 3.87. The monoisotopic (exact) mass is 334 g/mol. The lowest BCUT2D eigenvalue weighted by molar-refractivity contribution is -0.143. The van der Waals surface area contributed by atoms with Crippen LogP contribution in [0.3, 0.4) is 0 Å². The molecular weight excluding hydrogens is 308 g/mol. The highest BCUT2D eigenvalue weighted by molar-refractivity contribution is 5.85. The molecule has 0 bridgehead atoms. The second-order valence-electron chi connectivity index (χ2n) is 5.80. The molecule has 2 rings (SSSR count). The summed E-state index contributed by atoms with van der Waals surface area (Å²) in [5, 5.41) is 2.91. The number of ether oxygens (including phenoxy) is 2. The van der Waals surface area contributed by atoms with Crippen LogP contribution in [0, 0.1) is 5.92 Å². The summed E-state index contributed by atoms with van der Waals surface area (Å²) in [5.74, 6) is 0.435. The van der Waals surface area contributed by atoms with Crippen LogP contribution in [-0.4, -0.2) is 50.6 Å². The van der Waals surface area contributed by atoms with Gasteiger partial charge in [0.15, 0.2) is 0 Å². The summed E-state index contributed by atoms with van der Waals surface area (Å²) >= 11 is 0. The van der Waals surface area contributed by atoms with E-state index in [0.717, 1.165) is 5.56 Å². The minimum Gasteiger partial charge on any atom is -0.496 e. The van der Waals surface area contributed by atoms with Crippen molar-refractivity contribution in [2.24, 2.45) is 5.92 Å². The molecule has 1 aliphatic heterocycles. The van der Waals surface area contributed by atoms with Crippen LogP contribution < -0.4 is 10.1 Å². The topological polar surface area (TPSA) is 67.9 Å². The molecule has 1 aromatic rings. The van der Waals surface area contributed by atoms with E-state index in [4.69, 9.17) is 9.47 Å². The summed E-state index contributed by atoms with van der Waals surface area (Å²) in [6.45, 7) is 3.42. The standard InChI is InChI=1S/C18H26N2O4/c1-4-20-16(21)10-9-14(18(22)19-11-12-23-2)17(20)13-7-5-6-8-15(13)24-3/h5-8,14,17H,4,9-12H2,1-3H3,(H,19,22)/t14-,17+/m1/s1. The van der Waals surface area contributed by atoms with E-state index in [0.29, 0.717) is 38.3 Å². The van der Waals surface area contributed by atoms with E-state index < -0.39 is 0 Å². The van der Waals surface area contributed by atoms with Gasteiger partial charge in [-0.05, 0) is 19.4 Å². The van der Waals surface area contributed by atoms with E-state index in [1.165, 1.54) is 0 Å². The highest BCUT2D eigenvalue weighted by atomic mass is 16.5. The number of hydrogen-bond acceptors (Lipinski definition) is 4. The molecule has 24 heavy (non-hydrogen) atoms. The van der Waals surface area contributed by atoms with Gasteiger partial charge in [0.05, 0.1) is 25.7 Å². The molecule has 0 unspecified atom stereocenters. The van der Waals surface area contributed by atoms with Crippen LogP contribution in [0.2, 0.25) is 0 Å². The van der Waals surface area contributed by atoms with Crippen LogP contribution in [0.1, 0.15) is 31.4 Å². The lowest BCUT2D eigenvalue weighted by Crippen LogP contribution is -2.48. The number of para-hydroxylation sites is 1. The molecule has 1 aromatic carbocycles. The van der Waals surface area contributed by atoms with Gasteiger partial charge in [0.25, 0.3) is 0 Å². The van der Waals surface area contributed by atoms with Gasteiger partial charge in [-0.2, -0.15) is 0 Å². The molecule has 1 saturated heterocycles. The molecule has 1 aliphatic rings. The molecular formula is C18H26N2O4. The summed E-state index contributed by atoms with van der Waals surface area (Å²) in [6, 6.07) is 7.28. The second kappa shape index (κ2) is 8.68. The van der Waals surface area contributed by atoms with Crippen LogP contribution >= 0.6 is 0 Å². The number of hydrogen-bond donors (Lipinski definition) is 1. The quantitative estimate of drug-likeness (QED) is 0.772. The Hall–Kier alpha value is -2.08. The zero-order chi connectivity index (χ0) is 17.5. The second-order valence-corrected chi connectivity index (χ2v) is 5.80. The predicted octanol–water partition coefficient (Wildman–Crippen LogP) is 1.76. The summed E-state index contributed by atoms with van der Waals surface area (Å²) in [5.41, 5.74) is 0.877. The molecule has 1 fully saturated rings. The number of likely N-dealkylation sites (tertiary alicyclic amines) is 1. The maximum Gasteiger partial charge on any atom is 0.225 e. The molecule has 2 amide bonds. The van der Waals surface area contributed by atoms with Crippen LogP contribution in [-0.2, 0) is 14.3 Å². The third-order valence-corrected chi connectivity index (χ3v) is 4.45. The van der Waals surface area contributed by atoms with Crippen LogP contribution in [0.5, 0.6) is 5.75 Å². The van der Waals surface area contributed by atoms with E-state index >= 15 is 0 Å². The summed E-state index contributed by atoms with van der Waals surface area (Å²) in [4.78, 5) is 26.8. The van der Waals surface area contributed by atoms with E-state index in [-0.39, 0.29) is 23.8 Å². The molecule has 2 atom stereocenters. The number of methoxy groups -OCH3 is 2. The van der Waals surface area contributed by atoms with Crippen molar-refractivity contribution >= 4 is 11.8 Å². The minimum atomic E-state index is -0.310. The van der Waals surface area contributed by atoms with Crippen molar-refractivity contribution in [2.45, 2.75) is 25.8 Å². The molecule has 0 saturated carbocycles. The zero-order valence-electron chi connectivity index (χ0n) is 14.6. The van der Waals surface area contributed by atoms with Gasteiger partial charge in [0.1, 0.15) is 5.75 Å². The first-order valence-corrected chi connectivity index (χ1v) is 8.33. The normalized spacial score (nSPS) is 20.8. The Balaban J connectivity index is 2.33. The Morgan fingerprint density at radius 1 is 1.33 bits per heavy atom. The Kier molecular flexibility index (Phi) is 6.61. The molecule has 132 valence electrons. The lowest BCUT2D eigenvalue weighted by atomic mass is 9.83. The van der Waals surface area contributed by atoms with E-state index in [2.05, 4.69) is 5.32 Å². The number of benzene rings is 1. The van der Waals surface area contributed by atoms with Crippen molar-refractivity contribution in [3.8, 4) is 5.75 Å². The number of carbonyl (C=O) groups excluding carboxylic acids is 2. The molecule has 0 spiro atoms. The Morgan fingerprint density at radius 2 is 2.08 bits per heavy atom. The van der Waals surface area contributed by atoms with Crippen LogP contribution in [0.15, 0.2) is 24.3 Å². The van der Waals surface area contributed by atoms with Gasteiger partial charge >= 0.3 is 0 Å². The maximum absolute atomic E-state index is 12.7. The SMILES string of the molecule is CCN1C(=O)CC[C@@H](C(=O)NCCOC)[C@@H]1c1ccccc1OC. The number of carbonyl (C=O) groups is 2. The Bertz CT molecular complexity index is 576. The molecule has 1 N–H and O–H groups in total. The smallest absolute Gasteiger partial charge is 0.225 e. The molecule has 6 nitrogen and oxygen atoms in total. The first-order chi connectivity index (χ1) is 11.6. The van der Waals surface area contributed by atoms with Crippen molar-refractivity contribution in [2.75, 3.05) is 33.9 Å². The van der Waals surface area contributed by atoms with E-state index in [1.807, 2.05) is 31.2 Å². The number of rotatable bonds is 7. The first kappa shape index (κ1) is 18.3. The Morgan fingerprint density at radius 3 is 2.75 bits per heavy atom. The fourth-order valence-corrected chi connectivity index (χ4v) is 3.30. The summed E-state index contributed by atoms with van der Waals surface area (Å²) in [7, 11) is 3.20. The average molecular weight is 334 g/mol. The van der Waals surface area contributed by atoms with Crippen LogP contribution in [0.25, 0.3) is 0 Å². The lowest BCUT2D eigenvalue weighted by Gasteiger charge is -2.40. The molecule has 1 heterocycles. The molecule has 6 heteroatoms. The van der Waals surface area contributed by atoms with Gasteiger partial charge in [-0.1, -0.05) is 18.2 Å². The van der Waals surface area contributed by atoms with Gasteiger partial charge in [-0.15, -0.1) is 0 Å². The fourth-order valence-electron chi connectivity index (χ4n) is 3.30. The molecule has 0 aromatic heterocycles. The first-order valence-electron chi connectivity index (χ1n) is 8.33. The van der Waals surface area contributed by atoms with Gasteiger partial charge in [0.2, 0.25) is 11.8 Å². The predicted molar refractivity (Wildman–Crippen MR) is 90.7 cm³/mol. The zero-order valence-corrected chi connectivity index (χ0v) is 14.6. The molecule has 0 aliphatic carbocycles. The number of nitrogens with zero attached hydrogens (tertiary/aromatic N) is 1. The van der Waals surface area contributed by atoms with Crippen molar-refractivity contribution in [3.63, 3.8) is 0 Å². The number of amides is 2. The highest BCUT2D eigenvalue weighted by Gasteiger charge is 2.40. The maximum atomic E-state index is 12.7. The highest BCUT2D eigenvalue weighted by Crippen LogP contribution is 2.40. The summed E-state index contributed by atoms with van der Waals surface area (Å²) < 4.78 is 10.5. The number of piperidine rings is 1. The minimum absolute atomic E-state index is 0.0473. The van der Waals surface area contributed by atoms with Crippen LogP contribution in [0.4, 0.5) is 0 Å². The van der Waals surface area contributed by atoms with Crippen molar-refractivity contribution in [3.05, 3.63) is 29.8 Å². The van der Waals surface area contributed by atoms with Gasteiger partial charge in [-0.3, -0.25) is 9.59 Å². The van der Waals surface area contributed by atoms with Crippen molar-refractivity contribution in [1.29, 1.82) is 0 Å². The fraction of sp³-hybridized carbons (Fsp3) is 0.556. The van der Waals surface area contributed by atoms with E-state index in [9.17, 15) is 9.59 Å². The summed E-state index contributed by atoms with van der Waals surface area (Å²) in [6.07, 6.45) is 0.929. The Labute approximate surface area is 143 Å². The van der Waals surface area contributed by atoms with Crippen molar-refractivity contribution < 1.29 is 19.1 Å². The van der Waals surface area contributed by atoms with Gasteiger partial charge in [0, 0.05) is 32.2 Å². The largest absolute Gasteiger partial charge is 0.496 e. The average Bonchev–Trinajstić information content (AvgIpc) is 2.61. The van der Waals surface area contributed by atoms with E-state index in [1.54, 1.807) is 19.1 Å².